The molecule has 2 heterocycles. The molecule has 0 spiro atoms. The van der Waals surface area contributed by atoms with Gasteiger partial charge in [-0.1, -0.05) is 11.8 Å². The first-order valence-corrected chi connectivity index (χ1v) is 8.96. The van der Waals surface area contributed by atoms with E-state index in [0.29, 0.717) is 6.61 Å². The number of thioether (sulfide) groups is 1. The Kier molecular flexibility index (Phi) is 4.43. The zero-order valence-corrected chi connectivity index (χ0v) is 13.5. The molecule has 0 atom stereocenters. The lowest BCUT2D eigenvalue weighted by molar-refractivity contribution is 0.210. The van der Waals surface area contributed by atoms with Crippen LogP contribution in [0.1, 0.15) is 23.3 Å². The van der Waals surface area contributed by atoms with Crippen molar-refractivity contribution in [1.29, 1.82) is 0 Å². The standard InChI is InChI=1S/C14H19N3OS2/c1-18-8-7-15-12-11-9-5-3-4-6-10(9)20-13(11)17-14(16-12)19-2/h3-8H2,1-2H3,(H,15,16,17). The zero-order chi connectivity index (χ0) is 13.9. The van der Waals surface area contributed by atoms with Crippen molar-refractivity contribution in [3.8, 4) is 0 Å². The average Bonchev–Trinajstić information content (AvgIpc) is 2.85. The van der Waals surface area contributed by atoms with Gasteiger partial charge in [-0.05, 0) is 37.5 Å². The first kappa shape index (κ1) is 14.1. The van der Waals surface area contributed by atoms with Gasteiger partial charge in [0.15, 0.2) is 5.16 Å². The normalized spacial score (nSPS) is 14.5. The van der Waals surface area contributed by atoms with E-state index >= 15 is 0 Å². The molecule has 4 nitrogen and oxygen atoms in total. The predicted octanol–water partition coefficient (Wildman–Crippen LogP) is 3.35. The fourth-order valence-corrected chi connectivity index (χ4v) is 4.31. The van der Waals surface area contributed by atoms with Gasteiger partial charge in [0.1, 0.15) is 10.6 Å². The fourth-order valence-electron chi connectivity index (χ4n) is 2.63. The second-order valence-corrected chi connectivity index (χ2v) is 6.73. The molecule has 3 rings (SSSR count). The van der Waals surface area contributed by atoms with Crippen LogP contribution in [0.3, 0.4) is 0 Å². The Balaban J connectivity index is 2.06. The van der Waals surface area contributed by atoms with Crippen LogP contribution in [-0.2, 0) is 17.6 Å². The lowest BCUT2D eigenvalue weighted by atomic mass is 9.97. The van der Waals surface area contributed by atoms with E-state index in [0.717, 1.165) is 28.8 Å². The highest BCUT2D eigenvalue weighted by atomic mass is 32.2. The molecular weight excluding hydrogens is 290 g/mol. The minimum Gasteiger partial charge on any atom is -0.383 e. The molecule has 0 amide bonds. The third-order valence-corrected chi connectivity index (χ3v) is 5.31. The number of thiophene rings is 1. The van der Waals surface area contributed by atoms with E-state index in [2.05, 4.69) is 15.3 Å². The Morgan fingerprint density at radius 1 is 1.30 bits per heavy atom. The predicted molar refractivity (Wildman–Crippen MR) is 86.2 cm³/mol. The number of aromatic nitrogens is 2. The maximum absolute atomic E-state index is 5.12. The molecule has 1 aliphatic carbocycles. The van der Waals surface area contributed by atoms with Crippen LogP contribution in [0.25, 0.3) is 10.2 Å². The van der Waals surface area contributed by atoms with Crippen molar-refractivity contribution in [3.05, 3.63) is 10.4 Å². The van der Waals surface area contributed by atoms with Gasteiger partial charge >= 0.3 is 0 Å². The molecular formula is C14H19N3OS2. The summed E-state index contributed by atoms with van der Waals surface area (Å²) >= 11 is 3.44. The third kappa shape index (κ3) is 2.64. The molecule has 20 heavy (non-hydrogen) atoms. The van der Waals surface area contributed by atoms with Crippen molar-refractivity contribution in [2.45, 2.75) is 30.8 Å². The maximum atomic E-state index is 5.12. The maximum Gasteiger partial charge on any atom is 0.190 e. The van der Waals surface area contributed by atoms with E-state index in [9.17, 15) is 0 Å². The van der Waals surface area contributed by atoms with E-state index in [1.807, 2.05) is 17.6 Å². The summed E-state index contributed by atoms with van der Waals surface area (Å²) in [5, 5.41) is 5.51. The van der Waals surface area contributed by atoms with Crippen LogP contribution >= 0.6 is 23.1 Å². The Bertz CT molecular complexity index is 612. The van der Waals surface area contributed by atoms with Crippen LogP contribution < -0.4 is 5.32 Å². The van der Waals surface area contributed by atoms with Crippen molar-refractivity contribution in [2.75, 3.05) is 31.8 Å². The zero-order valence-electron chi connectivity index (χ0n) is 11.9. The second-order valence-electron chi connectivity index (χ2n) is 4.87. The van der Waals surface area contributed by atoms with Crippen LogP contribution in [0.4, 0.5) is 5.82 Å². The van der Waals surface area contributed by atoms with Gasteiger partial charge < -0.3 is 10.1 Å². The number of anilines is 1. The molecule has 2 aromatic rings. The van der Waals surface area contributed by atoms with Gasteiger partial charge in [0, 0.05) is 18.5 Å². The smallest absolute Gasteiger partial charge is 0.190 e. The van der Waals surface area contributed by atoms with E-state index < -0.39 is 0 Å². The number of methoxy groups -OCH3 is 1. The SMILES string of the molecule is COCCNc1nc(SC)nc2sc3c(c12)CCCC3. The van der Waals surface area contributed by atoms with Crippen molar-refractivity contribution >= 4 is 39.1 Å². The summed E-state index contributed by atoms with van der Waals surface area (Å²) in [6.07, 6.45) is 6.96. The summed E-state index contributed by atoms with van der Waals surface area (Å²) in [6.45, 7) is 1.47. The van der Waals surface area contributed by atoms with E-state index in [-0.39, 0.29) is 0 Å². The molecule has 108 valence electrons. The van der Waals surface area contributed by atoms with Gasteiger partial charge in [-0.3, -0.25) is 0 Å². The lowest BCUT2D eigenvalue weighted by Gasteiger charge is -2.12. The van der Waals surface area contributed by atoms with Crippen LogP contribution in [0, 0.1) is 0 Å². The number of nitrogens with one attached hydrogen (secondary N) is 1. The van der Waals surface area contributed by atoms with E-state index in [4.69, 9.17) is 4.74 Å². The van der Waals surface area contributed by atoms with Gasteiger partial charge in [-0.25, -0.2) is 9.97 Å². The molecule has 0 aliphatic heterocycles. The molecule has 0 unspecified atom stereocenters. The first-order valence-electron chi connectivity index (χ1n) is 6.92. The Morgan fingerprint density at radius 2 is 2.15 bits per heavy atom. The Morgan fingerprint density at radius 3 is 2.95 bits per heavy atom. The van der Waals surface area contributed by atoms with Crippen molar-refractivity contribution in [2.24, 2.45) is 0 Å². The molecule has 0 saturated heterocycles. The molecule has 1 aliphatic rings. The monoisotopic (exact) mass is 309 g/mol. The summed E-state index contributed by atoms with van der Waals surface area (Å²) in [5.74, 6) is 0.982. The number of hydrogen-bond donors (Lipinski definition) is 1. The van der Waals surface area contributed by atoms with Crippen LogP contribution in [0.2, 0.25) is 0 Å². The molecule has 6 heteroatoms. The topological polar surface area (TPSA) is 47.0 Å². The molecule has 0 aromatic carbocycles. The number of hydrogen-bond acceptors (Lipinski definition) is 6. The molecule has 0 saturated carbocycles. The van der Waals surface area contributed by atoms with Gasteiger partial charge in [0.2, 0.25) is 0 Å². The van der Waals surface area contributed by atoms with Gasteiger partial charge in [0.25, 0.3) is 0 Å². The van der Waals surface area contributed by atoms with Gasteiger partial charge in [0.05, 0.1) is 12.0 Å². The summed E-state index contributed by atoms with van der Waals surface area (Å²) in [4.78, 5) is 12.0. The van der Waals surface area contributed by atoms with Crippen LogP contribution in [0.5, 0.6) is 0 Å². The Labute approximate surface area is 127 Å². The highest BCUT2D eigenvalue weighted by Crippen LogP contribution is 2.39. The molecule has 2 aromatic heterocycles. The quantitative estimate of drug-likeness (QED) is 0.521. The van der Waals surface area contributed by atoms with Crippen LogP contribution in [0.15, 0.2) is 5.16 Å². The minimum atomic E-state index is 0.687. The summed E-state index contributed by atoms with van der Waals surface area (Å²) in [5.41, 5.74) is 1.48. The highest BCUT2D eigenvalue weighted by Gasteiger charge is 2.20. The van der Waals surface area contributed by atoms with E-state index in [1.54, 1.807) is 18.9 Å². The summed E-state index contributed by atoms with van der Waals surface area (Å²) in [6, 6.07) is 0. The number of rotatable bonds is 5. The Hall–Kier alpha value is -0.850. The van der Waals surface area contributed by atoms with Crippen molar-refractivity contribution in [3.63, 3.8) is 0 Å². The molecule has 0 bridgehead atoms. The number of ether oxygens (including phenoxy) is 1. The number of fused-ring (bicyclic) bond motifs is 3. The van der Waals surface area contributed by atoms with E-state index in [1.165, 1.54) is 35.1 Å². The summed E-state index contributed by atoms with van der Waals surface area (Å²) in [7, 11) is 1.72. The average molecular weight is 309 g/mol. The number of nitrogens with zero attached hydrogens (tertiary/aromatic N) is 2. The first-order chi connectivity index (χ1) is 9.83. The number of aryl methyl sites for hydroxylation is 2. The molecule has 0 radical (unpaired) electrons. The minimum absolute atomic E-state index is 0.687. The molecule has 1 N–H and O–H groups in total. The summed E-state index contributed by atoms with van der Waals surface area (Å²) < 4.78 is 5.12. The van der Waals surface area contributed by atoms with Crippen LogP contribution in [-0.4, -0.2) is 36.5 Å². The van der Waals surface area contributed by atoms with Crippen molar-refractivity contribution < 1.29 is 4.74 Å². The molecule has 0 fully saturated rings. The van der Waals surface area contributed by atoms with Gasteiger partial charge in [-0.2, -0.15) is 0 Å². The largest absolute Gasteiger partial charge is 0.383 e. The van der Waals surface area contributed by atoms with Crippen molar-refractivity contribution in [1.82, 2.24) is 9.97 Å². The lowest BCUT2D eigenvalue weighted by Crippen LogP contribution is -2.10. The second kappa shape index (κ2) is 6.28. The highest BCUT2D eigenvalue weighted by molar-refractivity contribution is 7.98. The fraction of sp³-hybridized carbons (Fsp3) is 0.571. The van der Waals surface area contributed by atoms with Gasteiger partial charge in [-0.15, -0.1) is 11.3 Å². The third-order valence-electron chi connectivity index (χ3n) is 3.58.